The van der Waals surface area contributed by atoms with Crippen molar-refractivity contribution < 1.29 is 19.0 Å². The maximum absolute atomic E-state index is 13.5. The molecule has 0 unspecified atom stereocenters. The number of benzene rings is 2. The van der Waals surface area contributed by atoms with Crippen LogP contribution in [0, 0.1) is 0 Å². The zero-order chi connectivity index (χ0) is 29.4. The summed E-state index contributed by atoms with van der Waals surface area (Å²) in [5.74, 6) is 1.67. The van der Waals surface area contributed by atoms with E-state index in [1.165, 1.54) is 4.90 Å². The van der Waals surface area contributed by atoms with E-state index in [9.17, 15) is 4.79 Å². The fraction of sp³-hybridized carbons (Fsp3) is 0.300. The average Bonchev–Trinajstić information content (AvgIpc) is 3.45. The largest absolute Gasteiger partial charge is 0.497 e. The van der Waals surface area contributed by atoms with Crippen molar-refractivity contribution in [2.45, 2.75) is 46.0 Å². The summed E-state index contributed by atoms with van der Waals surface area (Å²) in [5.41, 5.74) is 5.10. The predicted molar refractivity (Wildman–Crippen MR) is 164 cm³/mol. The Kier molecular flexibility index (Phi) is 10.0. The zero-order valence-electron chi connectivity index (χ0n) is 23.7. The van der Waals surface area contributed by atoms with Crippen LogP contribution in [-0.2, 0) is 24.4 Å². The van der Waals surface area contributed by atoms with E-state index < -0.39 is 11.7 Å². The molecule has 2 heterocycles. The average molecular weight is 596 g/mol. The van der Waals surface area contributed by atoms with Gasteiger partial charge in [0.15, 0.2) is 0 Å². The molecule has 0 atom stereocenters. The molecule has 0 fully saturated rings. The Hall–Kier alpha value is -3.86. The first kappa shape index (κ1) is 30.1. The SMILES string of the molecule is COc1ccc(CN(C(=O)OC(C)(C)C)c2ccc(Nc3cccc(Cl)c3)c(CNCc3cscn3)n2)c(OC)c1. The Balaban J connectivity index is 1.70. The zero-order valence-corrected chi connectivity index (χ0v) is 25.3. The number of thiazole rings is 1. The Morgan fingerprint density at radius 1 is 1.05 bits per heavy atom. The minimum atomic E-state index is -0.703. The molecule has 2 N–H and O–H groups in total. The highest BCUT2D eigenvalue weighted by molar-refractivity contribution is 7.07. The molecule has 0 saturated carbocycles. The molecular formula is C30H34ClN5O4S. The number of hydrogen-bond donors (Lipinski definition) is 2. The van der Waals surface area contributed by atoms with Crippen molar-refractivity contribution >= 4 is 46.2 Å². The van der Waals surface area contributed by atoms with Gasteiger partial charge in [0.1, 0.15) is 22.9 Å². The first-order valence-corrected chi connectivity index (χ1v) is 14.3. The lowest BCUT2D eigenvalue weighted by atomic mass is 10.1. The molecule has 4 aromatic rings. The minimum Gasteiger partial charge on any atom is -0.497 e. The molecule has 216 valence electrons. The number of nitrogens with one attached hydrogen (secondary N) is 2. The second kappa shape index (κ2) is 13.7. The third kappa shape index (κ3) is 8.56. The smallest absolute Gasteiger partial charge is 0.416 e. The van der Waals surface area contributed by atoms with Gasteiger partial charge in [0.2, 0.25) is 0 Å². The number of methoxy groups -OCH3 is 2. The molecule has 0 aliphatic heterocycles. The van der Waals surface area contributed by atoms with Crippen molar-refractivity contribution in [3.05, 3.63) is 87.5 Å². The molecule has 0 spiro atoms. The molecule has 2 aromatic carbocycles. The maximum Gasteiger partial charge on any atom is 0.416 e. The Labute approximate surface area is 249 Å². The molecule has 4 rings (SSSR count). The van der Waals surface area contributed by atoms with Crippen LogP contribution in [0.3, 0.4) is 0 Å². The predicted octanol–water partition coefficient (Wildman–Crippen LogP) is 7.18. The van der Waals surface area contributed by atoms with Gasteiger partial charge in [-0.05, 0) is 63.2 Å². The fourth-order valence-electron chi connectivity index (χ4n) is 3.95. The standard InChI is InChI=1S/C30H34ClN5O4S/c1-30(2,3)40-29(37)36(17-20-9-10-24(38-4)14-27(20)39-5)28-12-11-25(34-22-8-6-7-21(31)13-22)26(35-28)16-32-15-23-18-41-19-33-23/h6-14,18-19,32,34H,15-17H2,1-5H3. The molecule has 0 bridgehead atoms. The lowest BCUT2D eigenvalue weighted by Gasteiger charge is -2.28. The number of aromatic nitrogens is 2. The first-order valence-electron chi connectivity index (χ1n) is 13.0. The van der Waals surface area contributed by atoms with Crippen LogP contribution in [0.2, 0.25) is 5.02 Å². The van der Waals surface area contributed by atoms with Gasteiger partial charge in [-0.3, -0.25) is 4.90 Å². The maximum atomic E-state index is 13.5. The van der Waals surface area contributed by atoms with Crippen molar-refractivity contribution in [3.63, 3.8) is 0 Å². The number of amides is 1. The van der Waals surface area contributed by atoms with E-state index in [4.69, 9.17) is 30.8 Å². The summed E-state index contributed by atoms with van der Waals surface area (Å²) in [4.78, 5) is 24.3. The second-order valence-electron chi connectivity index (χ2n) is 10.1. The van der Waals surface area contributed by atoms with Gasteiger partial charge < -0.3 is 24.8 Å². The Bertz CT molecular complexity index is 1460. The van der Waals surface area contributed by atoms with Gasteiger partial charge in [0.05, 0.1) is 43.4 Å². The molecular weight excluding hydrogens is 562 g/mol. The molecule has 0 aliphatic rings. The minimum absolute atomic E-state index is 0.168. The highest BCUT2D eigenvalue weighted by Gasteiger charge is 2.26. The van der Waals surface area contributed by atoms with E-state index in [0.29, 0.717) is 41.1 Å². The summed E-state index contributed by atoms with van der Waals surface area (Å²) >= 11 is 7.76. The lowest BCUT2D eigenvalue weighted by molar-refractivity contribution is 0.0576. The number of rotatable bonds is 11. The van der Waals surface area contributed by atoms with E-state index in [1.54, 1.807) is 43.2 Å². The van der Waals surface area contributed by atoms with Crippen LogP contribution in [-0.4, -0.2) is 35.9 Å². The topological polar surface area (TPSA) is 97.8 Å². The molecule has 0 saturated heterocycles. The Morgan fingerprint density at radius 2 is 1.88 bits per heavy atom. The van der Waals surface area contributed by atoms with Crippen LogP contribution in [0.4, 0.5) is 22.0 Å². The van der Waals surface area contributed by atoms with Gasteiger partial charge in [0.25, 0.3) is 0 Å². The molecule has 0 aliphatic carbocycles. The van der Waals surface area contributed by atoms with E-state index >= 15 is 0 Å². The van der Waals surface area contributed by atoms with Gasteiger partial charge in [-0.15, -0.1) is 11.3 Å². The lowest BCUT2D eigenvalue weighted by Crippen LogP contribution is -2.37. The normalized spacial score (nSPS) is 11.2. The number of carbonyl (C=O) groups excluding carboxylic acids is 1. The van der Waals surface area contributed by atoms with Gasteiger partial charge in [-0.2, -0.15) is 0 Å². The highest BCUT2D eigenvalue weighted by atomic mass is 35.5. The third-order valence-corrected chi connectivity index (χ3v) is 6.73. The molecule has 0 radical (unpaired) electrons. The summed E-state index contributed by atoms with van der Waals surface area (Å²) in [5, 5.41) is 9.42. The third-order valence-electron chi connectivity index (χ3n) is 5.86. The van der Waals surface area contributed by atoms with E-state index in [2.05, 4.69) is 15.6 Å². The number of ether oxygens (including phenoxy) is 3. The number of pyridine rings is 1. The first-order chi connectivity index (χ1) is 19.6. The van der Waals surface area contributed by atoms with Crippen molar-refractivity contribution in [3.8, 4) is 11.5 Å². The van der Waals surface area contributed by atoms with Crippen molar-refractivity contribution in [2.24, 2.45) is 0 Å². The van der Waals surface area contributed by atoms with Crippen LogP contribution < -0.4 is 25.0 Å². The monoisotopic (exact) mass is 595 g/mol. The summed E-state index contributed by atoms with van der Waals surface area (Å²) in [6, 6.07) is 16.6. The number of nitrogens with zero attached hydrogens (tertiary/aromatic N) is 3. The summed E-state index contributed by atoms with van der Waals surface area (Å²) < 4.78 is 16.7. The highest BCUT2D eigenvalue weighted by Crippen LogP contribution is 2.30. The van der Waals surface area contributed by atoms with Gasteiger partial charge >= 0.3 is 6.09 Å². The van der Waals surface area contributed by atoms with E-state index in [1.807, 2.05) is 68.6 Å². The Morgan fingerprint density at radius 3 is 2.56 bits per heavy atom. The second-order valence-corrected chi connectivity index (χ2v) is 11.3. The van der Waals surface area contributed by atoms with E-state index in [-0.39, 0.29) is 6.54 Å². The number of anilines is 3. The van der Waals surface area contributed by atoms with Crippen molar-refractivity contribution in [2.75, 3.05) is 24.4 Å². The van der Waals surface area contributed by atoms with Crippen LogP contribution in [0.15, 0.2) is 65.5 Å². The van der Waals surface area contributed by atoms with Gasteiger partial charge in [-0.25, -0.2) is 14.8 Å². The number of halogens is 1. The molecule has 1 amide bonds. The number of carbonyl (C=O) groups is 1. The summed E-state index contributed by atoms with van der Waals surface area (Å²) in [6.45, 7) is 6.65. The van der Waals surface area contributed by atoms with Crippen LogP contribution in [0.25, 0.3) is 0 Å². The summed E-state index contributed by atoms with van der Waals surface area (Å²) in [7, 11) is 3.17. The molecule has 41 heavy (non-hydrogen) atoms. The van der Waals surface area contributed by atoms with Crippen molar-refractivity contribution in [1.82, 2.24) is 15.3 Å². The van der Waals surface area contributed by atoms with Crippen LogP contribution in [0.1, 0.15) is 37.7 Å². The van der Waals surface area contributed by atoms with Crippen LogP contribution >= 0.6 is 22.9 Å². The van der Waals surface area contributed by atoms with Gasteiger partial charge in [0, 0.05) is 40.8 Å². The molecule has 2 aromatic heterocycles. The van der Waals surface area contributed by atoms with Crippen molar-refractivity contribution in [1.29, 1.82) is 0 Å². The molecule has 11 heteroatoms. The van der Waals surface area contributed by atoms with E-state index in [0.717, 1.165) is 22.6 Å². The fourth-order valence-corrected chi connectivity index (χ4v) is 4.70. The quantitative estimate of drug-likeness (QED) is 0.188. The number of hydrogen-bond acceptors (Lipinski definition) is 9. The van der Waals surface area contributed by atoms with Gasteiger partial charge in [-0.1, -0.05) is 17.7 Å². The molecule has 9 nitrogen and oxygen atoms in total. The van der Waals surface area contributed by atoms with Crippen LogP contribution in [0.5, 0.6) is 11.5 Å². The summed E-state index contributed by atoms with van der Waals surface area (Å²) in [6.07, 6.45) is -0.528.